The maximum Gasteiger partial charge on any atom is 0.416 e. The molecule has 7 nitrogen and oxygen atoms in total. The predicted molar refractivity (Wildman–Crippen MR) is 121 cm³/mol. The van der Waals surface area contributed by atoms with Crippen LogP contribution in [0, 0.1) is 12.7 Å². The number of nitrogens with zero attached hydrogens (tertiary/aromatic N) is 4. The van der Waals surface area contributed by atoms with E-state index in [1.165, 1.54) is 27.8 Å². The lowest BCUT2D eigenvalue weighted by molar-refractivity contribution is -0.137. The van der Waals surface area contributed by atoms with Crippen molar-refractivity contribution in [2.45, 2.75) is 18.0 Å². The van der Waals surface area contributed by atoms with Crippen molar-refractivity contribution in [3.05, 3.63) is 71.3 Å². The third kappa shape index (κ3) is 5.16. The molecule has 2 heterocycles. The van der Waals surface area contributed by atoms with Gasteiger partial charge in [-0.1, -0.05) is 0 Å². The van der Waals surface area contributed by atoms with Crippen LogP contribution in [-0.4, -0.2) is 61.4 Å². The van der Waals surface area contributed by atoms with E-state index in [0.29, 0.717) is 11.8 Å². The average molecular weight is 511 g/mol. The van der Waals surface area contributed by atoms with Gasteiger partial charge in [0.05, 0.1) is 33.6 Å². The van der Waals surface area contributed by atoms with E-state index in [2.05, 4.69) is 5.10 Å². The molecule has 1 saturated heterocycles. The lowest BCUT2D eigenvalue weighted by Gasteiger charge is -2.36. The molecule has 0 bridgehead atoms. The summed E-state index contributed by atoms with van der Waals surface area (Å²) in [6.07, 6.45) is -0.283. The van der Waals surface area contributed by atoms with Crippen LogP contribution in [0.15, 0.2) is 53.7 Å². The fourth-order valence-electron chi connectivity index (χ4n) is 3.92. The van der Waals surface area contributed by atoms with Gasteiger partial charge >= 0.3 is 6.18 Å². The number of hydrogen-bond acceptors (Lipinski definition) is 5. The molecular weight excluding hydrogens is 488 g/mol. The molecule has 3 aromatic rings. The van der Waals surface area contributed by atoms with Crippen molar-refractivity contribution < 1.29 is 30.8 Å². The first kappa shape index (κ1) is 24.7. The van der Waals surface area contributed by atoms with Crippen LogP contribution in [0.1, 0.15) is 21.5 Å². The number of anilines is 1. The number of rotatable bonds is 4. The minimum atomic E-state index is -4.64. The van der Waals surface area contributed by atoms with Crippen molar-refractivity contribution in [2.24, 2.45) is 0 Å². The Morgan fingerprint density at radius 2 is 1.66 bits per heavy atom. The van der Waals surface area contributed by atoms with Gasteiger partial charge in [0.15, 0.2) is 9.84 Å². The van der Waals surface area contributed by atoms with Gasteiger partial charge in [0, 0.05) is 38.6 Å². The van der Waals surface area contributed by atoms with Gasteiger partial charge in [0.1, 0.15) is 5.82 Å². The summed E-state index contributed by atoms with van der Waals surface area (Å²) in [6.45, 7) is 2.54. The van der Waals surface area contributed by atoms with Crippen LogP contribution >= 0.6 is 0 Å². The van der Waals surface area contributed by atoms with Crippen molar-refractivity contribution in [2.75, 3.05) is 37.3 Å². The Kier molecular flexibility index (Phi) is 6.34. The number of piperazine rings is 1. The van der Waals surface area contributed by atoms with Gasteiger partial charge in [-0.2, -0.15) is 18.3 Å². The van der Waals surface area contributed by atoms with E-state index in [9.17, 15) is 30.8 Å². The lowest BCUT2D eigenvalue weighted by Crippen LogP contribution is -2.49. The molecule has 4 rings (SSSR count). The molecule has 0 saturated carbocycles. The highest BCUT2D eigenvalue weighted by Crippen LogP contribution is 2.32. The maximum atomic E-state index is 14.4. The number of hydrogen-bond donors (Lipinski definition) is 0. The molecule has 2 aromatic carbocycles. The molecule has 1 aliphatic rings. The van der Waals surface area contributed by atoms with Gasteiger partial charge in [-0.15, -0.1) is 0 Å². The van der Waals surface area contributed by atoms with Crippen LogP contribution in [0.3, 0.4) is 0 Å². The Hall–Kier alpha value is -3.41. The van der Waals surface area contributed by atoms with Crippen molar-refractivity contribution in [1.82, 2.24) is 14.7 Å². The molecule has 0 spiro atoms. The molecule has 0 atom stereocenters. The molecule has 1 fully saturated rings. The first-order valence-corrected chi connectivity index (χ1v) is 12.5. The third-order valence-corrected chi connectivity index (χ3v) is 6.88. The van der Waals surface area contributed by atoms with Gasteiger partial charge in [-0.05, 0) is 48.9 Å². The number of benzene rings is 2. The van der Waals surface area contributed by atoms with Crippen molar-refractivity contribution >= 4 is 21.4 Å². The number of carbonyl (C=O) groups excluding carboxylic acids is 1. The number of alkyl halides is 3. The van der Waals surface area contributed by atoms with E-state index in [0.717, 1.165) is 24.0 Å². The number of aromatic nitrogens is 2. The first-order valence-electron chi connectivity index (χ1n) is 10.6. The van der Waals surface area contributed by atoms with Crippen LogP contribution < -0.4 is 4.90 Å². The van der Waals surface area contributed by atoms with E-state index in [-0.39, 0.29) is 42.3 Å². The second kappa shape index (κ2) is 8.99. The summed E-state index contributed by atoms with van der Waals surface area (Å²) in [5.41, 5.74) is 0.358. The summed E-state index contributed by atoms with van der Waals surface area (Å²) in [5.74, 6) is -1.41. The highest BCUT2D eigenvalue weighted by atomic mass is 32.2. The molecule has 0 unspecified atom stereocenters. The molecule has 0 aliphatic carbocycles. The highest BCUT2D eigenvalue weighted by molar-refractivity contribution is 7.90. The predicted octanol–water partition coefficient (Wildman–Crippen LogP) is 3.70. The number of aryl methyl sites for hydroxylation is 1. The van der Waals surface area contributed by atoms with Crippen LogP contribution in [0.25, 0.3) is 5.69 Å². The van der Waals surface area contributed by atoms with Gasteiger partial charge in [0.25, 0.3) is 5.91 Å². The van der Waals surface area contributed by atoms with Crippen LogP contribution in [0.4, 0.5) is 23.2 Å². The Morgan fingerprint density at radius 3 is 2.20 bits per heavy atom. The van der Waals surface area contributed by atoms with Crippen molar-refractivity contribution in [3.8, 4) is 5.69 Å². The van der Waals surface area contributed by atoms with Crippen molar-refractivity contribution in [3.63, 3.8) is 0 Å². The van der Waals surface area contributed by atoms with Gasteiger partial charge in [-0.25, -0.2) is 17.5 Å². The minimum absolute atomic E-state index is 0.0149. The fourth-order valence-corrected chi connectivity index (χ4v) is 4.57. The fraction of sp³-hybridized carbons (Fsp3) is 0.304. The number of halogens is 4. The second-order valence-electron chi connectivity index (χ2n) is 8.36. The molecular formula is C23H22F4N4O3S. The normalized spacial score (nSPS) is 14.9. The average Bonchev–Trinajstić information content (AvgIpc) is 3.23. The Labute approximate surface area is 199 Å². The van der Waals surface area contributed by atoms with Gasteiger partial charge in [-0.3, -0.25) is 4.79 Å². The van der Waals surface area contributed by atoms with Crippen LogP contribution in [0.5, 0.6) is 0 Å². The summed E-state index contributed by atoms with van der Waals surface area (Å²) in [6, 6.07) is 6.61. The maximum absolute atomic E-state index is 14.4. The molecule has 1 amide bonds. The van der Waals surface area contributed by atoms with E-state index in [4.69, 9.17) is 0 Å². The zero-order valence-electron chi connectivity index (χ0n) is 18.9. The summed E-state index contributed by atoms with van der Waals surface area (Å²) in [5, 5.41) is 4.22. The molecule has 0 N–H and O–H groups in total. The Morgan fingerprint density at radius 1 is 1.00 bits per heavy atom. The molecule has 1 aliphatic heterocycles. The summed E-state index contributed by atoms with van der Waals surface area (Å²) in [7, 11) is -3.58. The number of amides is 1. The highest BCUT2D eigenvalue weighted by Gasteiger charge is 2.32. The zero-order chi connectivity index (χ0) is 25.5. The SMILES string of the molecule is Cc1cnn(-c2ccc(S(C)(=O)=O)cc2C(=O)N2CCN(c3ccc(C(F)(F)F)cc3F)CC2)c1. The Balaban J connectivity index is 1.58. The second-order valence-corrected chi connectivity index (χ2v) is 10.4. The number of carbonyl (C=O) groups is 1. The largest absolute Gasteiger partial charge is 0.416 e. The smallest absolute Gasteiger partial charge is 0.366 e. The van der Waals surface area contributed by atoms with Crippen molar-refractivity contribution in [1.29, 1.82) is 0 Å². The molecule has 186 valence electrons. The molecule has 0 radical (unpaired) electrons. The van der Waals surface area contributed by atoms with E-state index in [1.807, 2.05) is 6.92 Å². The third-order valence-electron chi connectivity index (χ3n) is 5.77. The number of sulfone groups is 1. The summed E-state index contributed by atoms with van der Waals surface area (Å²) >= 11 is 0. The monoisotopic (exact) mass is 510 g/mol. The molecule has 12 heteroatoms. The minimum Gasteiger partial charge on any atom is -0.366 e. The lowest BCUT2D eigenvalue weighted by atomic mass is 10.1. The van der Waals surface area contributed by atoms with Gasteiger partial charge < -0.3 is 9.80 Å². The quantitative estimate of drug-likeness (QED) is 0.501. The topological polar surface area (TPSA) is 75.5 Å². The zero-order valence-corrected chi connectivity index (χ0v) is 19.7. The standard InChI is InChI=1S/C23H22F4N4O3S/c1-15-13-28-31(14-15)20-6-4-17(35(2,33)34)12-18(20)22(32)30-9-7-29(8-10-30)21-5-3-16(11-19(21)24)23(25,26)27/h3-6,11-14H,7-10H2,1-2H3. The van der Waals surface area contributed by atoms with E-state index >= 15 is 0 Å². The van der Waals surface area contributed by atoms with E-state index in [1.54, 1.807) is 17.3 Å². The molecule has 1 aromatic heterocycles. The van der Waals surface area contributed by atoms with Gasteiger partial charge in [0.2, 0.25) is 0 Å². The summed E-state index contributed by atoms with van der Waals surface area (Å²) < 4.78 is 78.6. The van der Waals surface area contributed by atoms with Crippen LogP contribution in [-0.2, 0) is 16.0 Å². The summed E-state index contributed by atoms with van der Waals surface area (Å²) in [4.78, 5) is 16.5. The Bertz CT molecular complexity index is 1380. The van der Waals surface area contributed by atoms with E-state index < -0.39 is 33.3 Å². The first-order chi connectivity index (χ1) is 16.3. The molecule has 35 heavy (non-hydrogen) atoms. The van der Waals surface area contributed by atoms with Crippen LogP contribution in [0.2, 0.25) is 0 Å².